The van der Waals surface area contributed by atoms with Gasteiger partial charge in [0.1, 0.15) is 17.4 Å². The number of hydrogen-bond donors (Lipinski definition) is 1. The number of benzene rings is 1. The molecule has 20 heavy (non-hydrogen) atoms. The van der Waals surface area contributed by atoms with Crippen LogP contribution in [0.15, 0.2) is 18.2 Å². The molecule has 0 radical (unpaired) electrons. The Hall–Kier alpha value is -2.04. The summed E-state index contributed by atoms with van der Waals surface area (Å²) in [6.45, 7) is 6.06. The highest BCUT2D eigenvalue weighted by Crippen LogP contribution is 2.27. The van der Waals surface area contributed by atoms with Gasteiger partial charge in [-0.25, -0.2) is 9.78 Å². The number of imidazole rings is 1. The lowest BCUT2D eigenvalue weighted by Crippen LogP contribution is -2.20. The molecular weight excluding hydrogens is 254 g/mol. The number of ether oxygens (including phenoxy) is 1. The number of carbonyl (C=O) groups is 1. The minimum atomic E-state index is -0.416. The van der Waals surface area contributed by atoms with Crippen molar-refractivity contribution >= 4 is 22.7 Å². The van der Waals surface area contributed by atoms with Gasteiger partial charge in [0.2, 0.25) is 0 Å². The summed E-state index contributed by atoms with van der Waals surface area (Å²) in [7, 11) is 1.40. The highest BCUT2D eigenvalue weighted by molar-refractivity contribution is 5.89. The van der Waals surface area contributed by atoms with E-state index in [0.29, 0.717) is 11.6 Å². The molecule has 5 nitrogen and oxygen atoms in total. The number of anilines is 1. The zero-order chi connectivity index (χ0) is 14.9. The summed E-state index contributed by atoms with van der Waals surface area (Å²) in [6, 6.07) is 5.21. The van der Waals surface area contributed by atoms with Gasteiger partial charge in [-0.1, -0.05) is 19.9 Å². The summed E-state index contributed by atoms with van der Waals surface area (Å²) in [5.74, 6) is 1.03. The van der Waals surface area contributed by atoms with Crippen molar-refractivity contribution in [2.75, 3.05) is 12.8 Å². The number of hydrogen-bond acceptors (Lipinski definition) is 4. The minimum Gasteiger partial charge on any atom is -0.467 e. The van der Waals surface area contributed by atoms with Crippen molar-refractivity contribution in [3.05, 3.63) is 24.0 Å². The Morgan fingerprint density at radius 2 is 2.10 bits per heavy atom. The molecule has 0 bridgehead atoms. The quantitative estimate of drug-likeness (QED) is 0.687. The number of nitrogens with zero attached hydrogens (tertiary/aromatic N) is 2. The van der Waals surface area contributed by atoms with Crippen LogP contribution in [0, 0.1) is 5.92 Å². The minimum absolute atomic E-state index is 0.281. The standard InChI is InChI=1S/C15H21N3O2/c1-9(2)8-13-17-14-11(16)6-5-7-12(14)18(13)10(3)15(19)20-4/h5-7,9-10H,8,16H2,1-4H3. The van der Waals surface area contributed by atoms with E-state index in [1.54, 1.807) is 0 Å². The van der Waals surface area contributed by atoms with Crippen LogP contribution >= 0.6 is 0 Å². The molecule has 2 aromatic rings. The van der Waals surface area contributed by atoms with E-state index >= 15 is 0 Å². The number of methoxy groups -OCH3 is 1. The topological polar surface area (TPSA) is 70.1 Å². The molecule has 108 valence electrons. The van der Waals surface area contributed by atoms with Crippen molar-refractivity contribution in [2.24, 2.45) is 5.92 Å². The first kappa shape index (κ1) is 14.4. The van der Waals surface area contributed by atoms with Crippen molar-refractivity contribution in [3.63, 3.8) is 0 Å². The van der Waals surface area contributed by atoms with Crippen LogP contribution in [-0.4, -0.2) is 22.6 Å². The third-order valence-electron chi connectivity index (χ3n) is 3.34. The monoisotopic (exact) mass is 275 g/mol. The molecule has 1 unspecified atom stereocenters. The molecule has 0 fully saturated rings. The highest BCUT2D eigenvalue weighted by Gasteiger charge is 2.23. The van der Waals surface area contributed by atoms with Gasteiger partial charge >= 0.3 is 5.97 Å². The average molecular weight is 275 g/mol. The molecule has 5 heteroatoms. The maximum atomic E-state index is 11.9. The molecular formula is C15H21N3O2. The summed E-state index contributed by atoms with van der Waals surface area (Å²) >= 11 is 0. The van der Waals surface area contributed by atoms with Crippen molar-refractivity contribution in [1.29, 1.82) is 0 Å². The van der Waals surface area contributed by atoms with Crippen LogP contribution in [0.3, 0.4) is 0 Å². The van der Waals surface area contributed by atoms with Crippen LogP contribution in [-0.2, 0) is 16.0 Å². The molecule has 0 aliphatic carbocycles. The lowest BCUT2D eigenvalue weighted by molar-refractivity contribution is -0.144. The predicted molar refractivity (Wildman–Crippen MR) is 79.4 cm³/mol. The lowest BCUT2D eigenvalue weighted by Gasteiger charge is -2.16. The maximum absolute atomic E-state index is 11.9. The van der Waals surface area contributed by atoms with E-state index in [1.165, 1.54) is 7.11 Å². The van der Waals surface area contributed by atoms with Gasteiger partial charge in [-0.2, -0.15) is 0 Å². The van der Waals surface area contributed by atoms with Crippen LogP contribution < -0.4 is 5.73 Å². The van der Waals surface area contributed by atoms with Gasteiger partial charge in [0, 0.05) is 6.42 Å². The molecule has 1 atom stereocenters. The molecule has 0 aliphatic rings. The second-order valence-corrected chi connectivity index (χ2v) is 5.41. The molecule has 0 saturated carbocycles. The van der Waals surface area contributed by atoms with Crippen molar-refractivity contribution in [1.82, 2.24) is 9.55 Å². The fraction of sp³-hybridized carbons (Fsp3) is 0.467. The number of nitrogens with two attached hydrogens (primary N) is 1. The van der Waals surface area contributed by atoms with Crippen LogP contribution in [0.1, 0.15) is 32.6 Å². The van der Waals surface area contributed by atoms with Crippen molar-refractivity contribution < 1.29 is 9.53 Å². The molecule has 0 saturated heterocycles. The van der Waals surface area contributed by atoms with E-state index in [9.17, 15) is 4.79 Å². The van der Waals surface area contributed by atoms with Crippen LogP contribution in [0.2, 0.25) is 0 Å². The van der Waals surface area contributed by atoms with E-state index < -0.39 is 6.04 Å². The van der Waals surface area contributed by atoms with E-state index in [0.717, 1.165) is 23.3 Å². The second-order valence-electron chi connectivity index (χ2n) is 5.41. The van der Waals surface area contributed by atoms with E-state index in [1.807, 2.05) is 29.7 Å². The van der Waals surface area contributed by atoms with E-state index in [4.69, 9.17) is 10.5 Å². The Labute approximate surface area is 118 Å². The maximum Gasteiger partial charge on any atom is 0.328 e. The summed E-state index contributed by atoms with van der Waals surface area (Å²) < 4.78 is 6.78. The summed E-state index contributed by atoms with van der Waals surface area (Å²) in [4.78, 5) is 16.5. The normalized spacial score (nSPS) is 12.8. The second kappa shape index (κ2) is 5.53. The Morgan fingerprint density at radius 1 is 1.40 bits per heavy atom. The molecule has 0 amide bonds. The molecule has 1 heterocycles. The number of carbonyl (C=O) groups excluding carboxylic acids is 1. The predicted octanol–water partition coefficient (Wildman–Crippen LogP) is 2.55. The molecule has 1 aromatic heterocycles. The smallest absolute Gasteiger partial charge is 0.328 e. The summed E-state index contributed by atoms with van der Waals surface area (Å²) in [6.07, 6.45) is 0.787. The van der Waals surface area contributed by atoms with Crippen LogP contribution in [0.25, 0.3) is 11.0 Å². The molecule has 2 rings (SSSR count). The first-order valence-electron chi connectivity index (χ1n) is 6.78. The Bertz CT molecular complexity index is 631. The van der Waals surface area contributed by atoms with E-state index in [-0.39, 0.29) is 5.97 Å². The van der Waals surface area contributed by atoms with Crippen LogP contribution in [0.4, 0.5) is 5.69 Å². The van der Waals surface area contributed by atoms with Gasteiger partial charge in [0.25, 0.3) is 0 Å². The first-order chi connectivity index (χ1) is 9.45. The zero-order valence-electron chi connectivity index (χ0n) is 12.4. The SMILES string of the molecule is COC(=O)C(C)n1c(CC(C)C)nc2c(N)cccc21. The molecule has 2 N–H and O–H groups in total. The Kier molecular flexibility index (Phi) is 3.97. The summed E-state index contributed by atoms with van der Waals surface area (Å²) in [5.41, 5.74) is 8.24. The Balaban J connectivity index is 2.64. The number of esters is 1. The number of nitrogen functional groups attached to an aromatic ring is 1. The fourth-order valence-electron chi connectivity index (χ4n) is 2.40. The average Bonchev–Trinajstić information content (AvgIpc) is 2.75. The number of fused-ring (bicyclic) bond motifs is 1. The highest BCUT2D eigenvalue weighted by atomic mass is 16.5. The Morgan fingerprint density at radius 3 is 2.70 bits per heavy atom. The van der Waals surface area contributed by atoms with E-state index in [2.05, 4.69) is 18.8 Å². The van der Waals surface area contributed by atoms with Gasteiger partial charge in [0.05, 0.1) is 18.3 Å². The largest absolute Gasteiger partial charge is 0.467 e. The fourth-order valence-corrected chi connectivity index (χ4v) is 2.40. The number of rotatable bonds is 4. The number of para-hydroxylation sites is 1. The van der Waals surface area contributed by atoms with Gasteiger partial charge in [0.15, 0.2) is 0 Å². The van der Waals surface area contributed by atoms with Gasteiger partial charge < -0.3 is 15.0 Å². The van der Waals surface area contributed by atoms with Crippen molar-refractivity contribution in [3.8, 4) is 0 Å². The number of aromatic nitrogens is 2. The molecule has 1 aromatic carbocycles. The van der Waals surface area contributed by atoms with Gasteiger partial charge in [-0.05, 0) is 25.0 Å². The third-order valence-corrected chi connectivity index (χ3v) is 3.34. The third kappa shape index (κ3) is 2.48. The van der Waals surface area contributed by atoms with Crippen LogP contribution in [0.5, 0.6) is 0 Å². The summed E-state index contributed by atoms with van der Waals surface area (Å²) in [5, 5.41) is 0. The zero-order valence-corrected chi connectivity index (χ0v) is 12.4. The lowest BCUT2D eigenvalue weighted by atomic mass is 10.1. The first-order valence-corrected chi connectivity index (χ1v) is 6.78. The van der Waals surface area contributed by atoms with Crippen molar-refractivity contribution in [2.45, 2.75) is 33.2 Å². The molecule has 0 spiro atoms. The molecule has 0 aliphatic heterocycles. The van der Waals surface area contributed by atoms with Gasteiger partial charge in [-0.15, -0.1) is 0 Å². The van der Waals surface area contributed by atoms with Gasteiger partial charge in [-0.3, -0.25) is 0 Å².